The molecule has 6 heteroatoms. The summed E-state index contributed by atoms with van der Waals surface area (Å²) in [4.78, 5) is 11.4. The van der Waals surface area contributed by atoms with Crippen LogP contribution in [0.5, 0.6) is 0 Å². The fourth-order valence-electron chi connectivity index (χ4n) is 3.01. The molecule has 23 heavy (non-hydrogen) atoms. The van der Waals surface area contributed by atoms with Crippen LogP contribution < -0.4 is 5.43 Å². The molecule has 1 heterocycles. The third-order valence-electron chi connectivity index (χ3n) is 4.15. The Morgan fingerprint density at radius 3 is 2.65 bits per heavy atom. The van der Waals surface area contributed by atoms with Crippen LogP contribution in [0.15, 0.2) is 36.4 Å². The Hall–Kier alpha value is -2.08. The predicted molar refractivity (Wildman–Crippen MR) is 81.6 cm³/mol. The van der Waals surface area contributed by atoms with Crippen molar-refractivity contribution in [3.8, 4) is 0 Å². The first kappa shape index (κ1) is 15.8. The summed E-state index contributed by atoms with van der Waals surface area (Å²) in [5.74, 6) is -0.381. The number of halogens is 3. The van der Waals surface area contributed by atoms with Gasteiger partial charge in [-0.25, -0.2) is 5.01 Å². The van der Waals surface area contributed by atoms with Gasteiger partial charge in [-0.3, -0.25) is 10.2 Å². The van der Waals surface area contributed by atoms with Crippen LogP contribution in [-0.4, -0.2) is 23.6 Å². The Bertz CT molecular complexity index is 742. The number of nitrogens with zero attached hydrogens (tertiary/aromatic N) is 1. The van der Waals surface area contributed by atoms with E-state index < -0.39 is 12.2 Å². The van der Waals surface area contributed by atoms with Gasteiger partial charge in [0.1, 0.15) is 0 Å². The van der Waals surface area contributed by atoms with Gasteiger partial charge in [-0.05, 0) is 28.3 Å². The first-order valence-corrected chi connectivity index (χ1v) is 7.54. The molecule has 1 amide bonds. The Balaban J connectivity index is 2.15. The molecule has 2 aromatic carbocycles. The summed E-state index contributed by atoms with van der Waals surface area (Å²) in [5.41, 5.74) is 3.48. The van der Waals surface area contributed by atoms with Crippen LogP contribution in [0.3, 0.4) is 0 Å². The minimum atomic E-state index is -4.48. The third-order valence-corrected chi connectivity index (χ3v) is 4.15. The zero-order valence-corrected chi connectivity index (χ0v) is 12.7. The Kier molecular flexibility index (Phi) is 4.02. The minimum Gasteiger partial charge on any atom is -0.288 e. The molecule has 1 fully saturated rings. The molecule has 1 N–H and O–H groups in total. The molecule has 0 aliphatic carbocycles. The zero-order valence-electron chi connectivity index (χ0n) is 12.7. The van der Waals surface area contributed by atoms with Crippen molar-refractivity contribution in [2.75, 3.05) is 6.54 Å². The lowest BCUT2D eigenvalue weighted by atomic mass is 9.96. The number of carbonyl (C=O) groups is 1. The Morgan fingerprint density at radius 2 is 2.04 bits per heavy atom. The summed E-state index contributed by atoms with van der Waals surface area (Å²) >= 11 is 0. The van der Waals surface area contributed by atoms with E-state index in [1.54, 1.807) is 18.2 Å². The first-order valence-electron chi connectivity index (χ1n) is 7.54. The molecule has 1 aliphatic heterocycles. The lowest BCUT2D eigenvalue weighted by molar-refractivity contribution is -0.190. The summed E-state index contributed by atoms with van der Waals surface area (Å²) in [5, 5.41) is 2.34. The molecule has 1 aliphatic rings. The number of hydrogen-bond acceptors (Lipinski definition) is 2. The summed E-state index contributed by atoms with van der Waals surface area (Å²) in [6.07, 6.45) is -3.65. The highest BCUT2D eigenvalue weighted by atomic mass is 19.4. The lowest BCUT2D eigenvalue weighted by Crippen LogP contribution is -2.43. The van der Waals surface area contributed by atoms with Crippen LogP contribution in [0.2, 0.25) is 0 Å². The molecule has 0 saturated carbocycles. The van der Waals surface area contributed by atoms with Crippen molar-refractivity contribution in [3.05, 3.63) is 47.5 Å². The number of fused-ring (bicyclic) bond motifs is 1. The van der Waals surface area contributed by atoms with E-state index in [2.05, 4.69) is 5.43 Å². The van der Waals surface area contributed by atoms with Gasteiger partial charge in [0.05, 0.1) is 0 Å². The van der Waals surface area contributed by atoms with Gasteiger partial charge >= 0.3 is 6.18 Å². The van der Waals surface area contributed by atoms with Crippen molar-refractivity contribution >= 4 is 16.7 Å². The highest BCUT2D eigenvalue weighted by molar-refractivity contribution is 5.87. The molecule has 0 radical (unpaired) electrons. The second kappa shape index (κ2) is 5.85. The number of hydrazine groups is 1. The van der Waals surface area contributed by atoms with Crippen molar-refractivity contribution in [1.82, 2.24) is 10.4 Å². The maximum atomic E-state index is 13.7. The van der Waals surface area contributed by atoms with Crippen molar-refractivity contribution in [3.63, 3.8) is 0 Å². The SMILES string of the molecule is CCc1ccc2cccc([C@H](N3CCC(=O)N3)C(F)(F)F)c2c1. The fraction of sp³-hybridized carbons (Fsp3) is 0.353. The van der Waals surface area contributed by atoms with E-state index in [4.69, 9.17) is 0 Å². The predicted octanol–water partition coefficient (Wildman–Crippen LogP) is 3.74. The maximum Gasteiger partial charge on any atom is 0.409 e. The van der Waals surface area contributed by atoms with Gasteiger partial charge in [0, 0.05) is 13.0 Å². The standard InChI is InChI=1S/C17H17F3N2O/c1-2-11-6-7-12-4-3-5-13(14(12)10-11)16(17(18,19)20)22-9-8-15(23)21-22/h3-7,10,16H,2,8-9H2,1H3,(H,21,23)/t16-/m0/s1. The average Bonchev–Trinajstić information content (AvgIpc) is 2.92. The van der Waals surface area contributed by atoms with E-state index in [1.165, 1.54) is 6.07 Å². The summed E-state index contributed by atoms with van der Waals surface area (Å²) in [7, 11) is 0. The number of rotatable bonds is 3. The van der Waals surface area contributed by atoms with Crippen molar-refractivity contribution < 1.29 is 18.0 Å². The van der Waals surface area contributed by atoms with Crippen molar-refractivity contribution in [2.45, 2.75) is 32.0 Å². The number of benzene rings is 2. The first-order chi connectivity index (χ1) is 10.9. The largest absolute Gasteiger partial charge is 0.409 e. The molecule has 1 saturated heterocycles. The molecule has 122 valence electrons. The van der Waals surface area contributed by atoms with Gasteiger partial charge in [0.2, 0.25) is 5.91 Å². The van der Waals surface area contributed by atoms with Crippen molar-refractivity contribution in [1.29, 1.82) is 0 Å². The van der Waals surface area contributed by atoms with E-state index in [9.17, 15) is 18.0 Å². The molecule has 1 atom stereocenters. The van der Waals surface area contributed by atoms with Gasteiger partial charge in [-0.1, -0.05) is 43.3 Å². The molecule has 0 unspecified atom stereocenters. The van der Waals surface area contributed by atoms with Crippen LogP contribution in [-0.2, 0) is 11.2 Å². The quantitative estimate of drug-likeness (QED) is 0.933. The van der Waals surface area contributed by atoms with Crippen LogP contribution in [0.1, 0.15) is 30.5 Å². The molecule has 3 rings (SSSR count). The molecule has 0 aromatic heterocycles. The topological polar surface area (TPSA) is 32.3 Å². The third kappa shape index (κ3) is 3.03. The summed E-state index contributed by atoms with van der Waals surface area (Å²) in [6.45, 7) is 2.01. The normalized spacial score (nSPS) is 17.5. The van der Waals surface area contributed by atoms with Gasteiger partial charge < -0.3 is 0 Å². The van der Waals surface area contributed by atoms with Gasteiger partial charge in [0.15, 0.2) is 6.04 Å². The number of alkyl halides is 3. The number of aryl methyl sites for hydroxylation is 1. The zero-order chi connectivity index (χ0) is 16.6. The fourth-order valence-corrected chi connectivity index (χ4v) is 3.01. The molecule has 0 bridgehead atoms. The molecule has 2 aromatic rings. The molecular formula is C17H17F3N2O. The van der Waals surface area contributed by atoms with E-state index >= 15 is 0 Å². The second-order valence-electron chi connectivity index (χ2n) is 5.68. The van der Waals surface area contributed by atoms with Gasteiger partial charge in [0.25, 0.3) is 0 Å². The molecule has 0 spiro atoms. The highest BCUT2D eigenvalue weighted by Gasteiger charge is 2.47. The number of hydrogen-bond donors (Lipinski definition) is 1. The minimum absolute atomic E-state index is 0.0485. The Labute approximate surface area is 132 Å². The number of nitrogens with one attached hydrogen (secondary N) is 1. The Morgan fingerprint density at radius 1 is 1.26 bits per heavy atom. The molecular weight excluding hydrogens is 305 g/mol. The van der Waals surface area contributed by atoms with E-state index in [-0.39, 0.29) is 24.4 Å². The van der Waals surface area contributed by atoms with Crippen LogP contribution in [0, 0.1) is 0 Å². The van der Waals surface area contributed by atoms with Crippen LogP contribution in [0.4, 0.5) is 13.2 Å². The lowest BCUT2D eigenvalue weighted by Gasteiger charge is -2.30. The smallest absolute Gasteiger partial charge is 0.288 e. The molecule has 3 nitrogen and oxygen atoms in total. The highest BCUT2D eigenvalue weighted by Crippen LogP contribution is 2.40. The summed E-state index contributed by atoms with van der Waals surface area (Å²) in [6, 6.07) is 8.64. The van der Waals surface area contributed by atoms with E-state index in [1.807, 2.05) is 19.1 Å². The van der Waals surface area contributed by atoms with Gasteiger partial charge in [-0.2, -0.15) is 13.2 Å². The van der Waals surface area contributed by atoms with Crippen LogP contribution in [0.25, 0.3) is 10.8 Å². The van der Waals surface area contributed by atoms with E-state index in [0.717, 1.165) is 22.4 Å². The average molecular weight is 322 g/mol. The van der Waals surface area contributed by atoms with Gasteiger partial charge in [-0.15, -0.1) is 0 Å². The van der Waals surface area contributed by atoms with Crippen molar-refractivity contribution in [2.24, 2.45) is 0 Å². The number of carbonyl (C=O) groups excluding carboxylic acids is 1. The second-order valence-corrected chi connectivity index (χ2v) is 5.68. The summed E-state index contributed by atoms with van der Waals surface area (Å²) < 4.78 is 41.1. The van der Waals surface area contributed by atoms with Crippen LogP contribution >= 0.6 is 0 Å². The monoisotopic (exact) mass is 322 g/mol. The van der Waals surface area contributed by atoms with E-state index in [0.29, 0.717) is 5.39 Å². The maximum absolute atomic E-state index is 13.7. The number of amides is 1.